The van der Waals surface area contributed by atoms with E-state index in [0.29, 0.717) is 12.4 Å². The largest absolute Gasteiger partial charge is 0.493 e. The van der Waals surface area contributed by atoms with Crippen molar-refractivity contribution < 1.29 is 9.13 Å². The average Bonchev–Trinajstić information content (AvgIpc) is 2.40. The molecule has 0 aliphatic heterocycles. The molecule has 0 spiro atoms. The van der Waals surface area contributed by atoms with Crippen molar-refractivity contribution in [2.45, 2.75) is 12.8 Å². The number of aryl methyl sites for hydroxylation is 1. The Morgan fingerprint density at radius 2 is 1.83 bits per heavy atom. The van der Waals surface area contributed by atoms with E-state index in [-0.39, 0.29) is 5.69 Å². The average molecular weight is 245 g/mol. The van der Waals surface area contributed by atoms with E-state index in [1.807, 2.05) is 18.2 Å². The van der Waals surface area contributed by atoms with E-state index >= 15 is 0 Å². The van der Waals surface area contributed by atoms with Crippen molar-refractivity contribution in [3.63, 3.8) is 0 Å². The molecular weight excluding hydrogens is 229 g/mol. The predicted octanol–water partition coefficient (Wildman–Crippen LogP) is 3.42. The zero-order chi connectivity index (χ0) is 12.8. The predicted molar refractivity (Wildman–Crippen MR) is 71.1 cm³/mol. The van der Waals surface area contributed by atoms with Crippen LogP contribution in [0.1, 0.15) is 12.0 Å². The van der Waals surface area contributed by atoms with Gasteiger partial charge in [-0.1, -0.05) is 30.3 Å². The zero-order valence-corrected chi connectivity index (χ0v) is 10.1. The topological polar surface area (TPSA) is 35.2 Å². The Morgan fingerprint density at radius 3 is 2.56 bits per heavy atom. The van der Waals surface area contributed by atoms with Gasteiger partial charge in [-0.25, -0.2) is 4.39 Å². The van der Waals surface area contributed by atoms with E-state index in [1.165, 1.54) is 17.7 Å². The lowest BCUT2D eigenvalue weighted by Gasteiger charge is -2.07. The van der Waals surface area contributed by atoms with E-state index in [9.17, 15) is 4.39 Å². The summed E-state index contributed by atoms with van der Waals surface area (Å²) in [5, 5.41) is 0. The van der Waals surface area contributed by atoms with E-state index in [2.05, 4.69) is 12.1 Å². The molecule has 18 heavy (non-hydrogen) atoms. The lowest BCUT2D eigenvalue weighted by molar-refractivity contribution is 0.309. The van der Waals surface area contributed by atoms with E-state index < -0.39 is 5.82 Å². The van der Waals surface area contributed by atoms with Crippen LogP contribution < -0.4 is 10.5 Å². The number of anilines is 1. The molecule has 0 aliphatic carbocycles. The highest BCUT2D eigenvalue weighted by atomic mass is 19.1. The van der Waals surface area contributed by atoms with Gasteiger partial charge in [0.1, 0.15) is 11.6 Å². The maximum atomic E-state index is 13.1. The number of ether oxygens (including phenoxy) is 1. The molecule has 0 bridgehead atoms. The molecule has 2 rings (SSSR count). The Balaban J connectivity index is 1.77. The first-order chi connectivity index (χ1) is 8.75. The van der Waals surface area contributed by atoms with Gasteiger partial charge in [-0.05, 0) is 30.5 Å². The Kier molecular flexibility index (Phi) is 4.18. The Morgan fingerprint density at radius 1 is 1.06 bits per heavy atom. The lowest BCUT2D eigenvalue weighted by atomic mass is 10.1. The maximum Gasteiger partial charge on any atom is 0.149 e. The molecule has 0 aliphatic rings. The summed E-state index contributed by atoms with van der Waals surface area (Å²) in [6, 6.07) is 14.7. The summed E-state index contributed by atoms with van der Waals surface area (Å²) in [6.45, 7) is 0.568. The van der Waals surface area contributed by atoms with Crippen molar-refractivity contribution >= 4 is 5.69 Å². The fourth-order valence-electron chi connectivity index (χ4n) is 1.71. The number of hydrogen-bond acceptors (Lipinski definition) is 2. The summed E-state index contributed by atoms with van der Waals surface area (Å²) < 4.78 is 18.6. The van der Waals surface area contributed by atoms with Crippen molar-refractivity contribution in [2.24, 2.45) is 0 Å². The van der Waals surface area contributed by atoms with Crippen LogP contribution in [0.4, 0.5) is 10.1 Å². The summed E-state index contributed by atoms with van der Waals surface area (Å²) >= 11 is 0. The number of nitrogens with two attached hydrogens (primary N) is 1. The zero-order valence-electron chi connectivity index (χ0n) is 10.1. The summed E-state index contributed by atoms with van der Waals surface area (Å²) in [4.78, 5) is 0. The highest BCUT2D eigenvalue weighted by molar-refractivity contribution is 5.43. The van der Waals surface area contributed by atoms with Crippen LogP contribution in [-0.4, -0.2) is 6.61 Å². The standard InChI is InChI=1S/C15H16FNO/c16-14-11-13(8-9-15(14)17)18-10-4-7-12-5-2-1-3-6-12/h1-3,5-6,8-9,11H,4,7,10,17H2. The van der Waals surface area contributed by atoms with Gasteiger partial charge in [0.05, 0.1) is 12.3 Å². The van der Waals surface area contributed by atoms with Crippen LogP contribution in [0, 0.1) is 5.82 Å². The normalized spacial score (nSPS) is 10.3. The second kappa shape index (κ2) is 6.05. The van der Waals surface area contributed by atoms with Gasteiger partial charge in [-0.2, -0.15) is 0 Å². The number of nitrogen functional groups attached to an aromatic ring is 1. The number of rotatable bonds is 5. The first kappa shape index (κ1) is 12.4. The van der Waals surface area contributed by atoms with Crippen molar-refractivity contribution in [2.75, 3.05) is 12.3 Å². The quantitative estimate of drug-likeness (QED) is 0.647. The SMILES string of the molecule is Nc1ccc(OCCCc2ccccc2)cc1F. The molecule has 2 nitrogen and oxygen atoms in total. The monoisotopic (exact) mass is 245 g/mol. The van der Waals surface area contributed by atoms with E-state index in [0.717, 1.165) is 12.8 Å². The van der Waals surface area contributed by atoms with Gasteiger partial charge >= 0.3 is 0 Å². The molecule has 94 valence electrons. The van der Waals surface area contributed by atoms with Gasteiger partial charge < -0.3 is 10.5 Å². The van der Waals surface area contributed by atoms with Crippen molar-refractivity contribution in [1.82, 2.24) is 0 Å². The molecule has 2 aromatic carbocycles. The third-order valence-corrected chi connectivity index (χ3v) is 2.69. The van der Waals surface area contributed by atoms with Crippen LogP contribution in [0.2, 0.25) is 0 Å². The molecule has 2 N–H and O–H groups in total. The van der Waals surface area contributed by atoms with Crippen molar-refractivity contribution in [3.8, 4) is 5.75 Å². The Bertz CT molecular complexity index is 499. The van der Waals surface area contributed by atoms with Gasteiger partial charge in [-0.3, -0.25) is 0 Å². The minimum absolute atomic E-state index is 0.145. The lowest BCUT2D eigenvalue weighted by Crippen LogP contribution is -2.00. The summed E-state index contributed by atoms with van der Waals surface area (Å²) in [5.41, 5.74) is 6.82. The molecule has 0 heterocycles. The van der Waals surface area contributed by atoms with Crippen molar-refractivity contribution in [3.05, 3.63) is 59.9 Å². The van der Waals surface area contributed by atoms with Crippen LogP contribution in [0.15, 0.2) is 48.5 Å². The van der Waals surface area contributed by atoms with Crippen LogP contribution in [0.3, 0.4) is 0 Å². The molecule has 0 amide bonds. The molecule has 0 radical (unpaired) electrons. The highest BCUT2D eigenvalue weighted by Crippen LogP contribution is 2.18. The first-order valence-corrected chi connectivity index (χ1v) is 5.97. The summed E-state index contributed by atoms with van der Waals surface area (Å²) in [7, 11) is 0. The molecule has 0 saturated heterocycles. The molecular formula is C15H16FNO. The molecule has 0 fully saturated rings. The molecule has 2 aromatic rings. The highest BCUT2D eigenvalue weighted by Gasteiger charge is 2.00. The Hall–Kier alpha value is -2.03. The van der Waals surface area contributed by atoms with E-state index in [4.69, 9.17) is 10.5 Å². The molecule has 0 aromatic heterocycles. The molecule has 0 atom stereocenters. The fraction of sp³-hybridized carbons (Fsp3) is 0.200. The number of hydrogen-bond donors (Lipinski definition) is 1. The van der Waals surface area contributed by atoms with Crippen LogP contribution in [-0.2, 0) is 6.42 Å². The fourth-order valence-corrected chi connectivity index (χ4v) is 1.71. The van der Waals surface area contributed by atoms with E-state index in [1.54, 1.807) is 6.07 Å². The number of halogens is 1. The third-order valence-electron chi connectivity index (χ3n) is 2.69. The second-order valence-electron chi connectivity index (χ2n) is 4.12. The minimum Gasteiger partial charge on any atom is -0.493 e. The summed E-state index contributed by atoms with van der Waals surface area (Å²) in [5.74, 6) is 0.0883. The smallest absolute Gasteiger partial charge is 0.149 e. The third kappa shape index (κ3) is 3.48. The van der Waals surface area contributed by atoms with Gasteiger partial charge in [0.25, 0.3) is 0 Å². The van der Waals surface area contributed by atoms with Crippen molar-refractivity contribution in [1.29, 1.82) is 0 Å². The van der Waals surface area contributed by atoms with Crippen LogP contribution >= 0.6 is 0 Å². The van der Waals surface area contributed by atoms with Gasteiger partial charge in [0, 0.05) is 6.07 Å². The van der Waals surface area contributed by atoms with Gasteiger partial charge in [0.2, 0.25) is 0 Å². The van der Waals surface area contributed by atoms with Crippen LogP contribution in [0.25, 0.3) is 0 Å². The molecule has 0 unspecified atom stereocenters. The second-order valence-corrected chi connectivity index (χ2v) is 4.12. The van der Waals surface area contributed by atoms with Gasteiger partial charge in [-0.15, -0.1) is 0 Å². The van der Waals surface area contributed by atoms with Gasteiger partial charge in [0.15, 0.2) is 0 Å². The summed E-state index contributed by atoms with van der Waals surface area (Å²) in [6.07, 6.45) is 1.86. The maximum absolute atomic E-state index is 13.1. The molecule has 0 saturated carbocycles. The van der Waals surface area contributed by atoms with Crippen LogP contribution in [0.5, 0.6) is 5.75 Å². The Labute approximate surface area is 106 Å². The molecule has 3 heteroatoms. The number of benzene rings is 2. The minimum atomic E-state index is -0.435. The first-order valence-electron chi connectivity index (χ1n) is 5.97.